The van der Waals surface area contributed by atoms with Crippen LogP contribution in [0, 0.1) is 6.92 Å². The van der Waals surface area contributed by atoms with Gasteiger partial charge in [0.25, 0.3) is 5.91 Å². The lowest BCUT2D eigenvalue weighted by atomic mass is 9.98. The topological polar surface area (TPSA) is 99.2 Å². The molecule has 174 valence electrons. The number of aryl methyl sites for hydroxylation is 1. The largest absolute Gasteiger partial charge is 0.491 e. The monoisotopic (exact) mass is 451 g/mol. The summed E-state index contributed by atoms with van der Waals surface area (Å²) in [6.07, 6.45) is 0.0754. The van der Waals surface area contributed by atoms with E-state index in [4.69, 9.17) is 4.74 Å². The minimum atomic E-state index is -0.863. The lowest BCUT2D eigenvalue weighted by molar-refractivity contribution is -0.122. The van der Waals surface area contributed by atoms with Crippen molar-refractivity contribution in [2.45, 2.75) is 44.9 Å². The fourth-order valence-corrected chi connectivity index (χ4v) is 4.53. The van der Waals surface area contributed by atoms with Gasteiger partial charge in [-0.05, 0) is 50.1 Å². The number of hydrogen-bond donors (Lipinski definition) is 2. The van der Waals surface area contributed by atoms with Gasteiger partial charge in [-0.2, -0.15) is 0 Å². The van der Waals surface area contributed by atoms with Crippen LogP contribution in [0.25, 0.3) is 0 Å². The quantitative estimate of drug-likeness (QED) is 0.641. The second kappa shape index (κ2) is 9.23. The van der Waals surface area contributed by atoms with E-state index in [1.807, 2.05) is 44.2 Å². The first kappa shape index (κ1) is 22.8. The van der Waals surface area contributed by atoms with Crippen LogP contribution in [0.4, 0.5) is 5.69 Å². The number of carbonyl (C=O) groups excluding carboxylic acids is 3. The molecule has 1 fully saturated rings. The van der Waals surface area contributed by atoms with Gasteiger partial charge in [-0.15, -0.1) is 0 Å². The third-order valence-electron chi connectivity index (χ3n) is 6.27. The molecule has 2 unspecified atom stereocenters. The van der Waals surface area contributed by atoms with Gasteiger partial charge in [-0.1, -0.05) is 24.3 Å². The molecule has 2 atom stereocenters. The Hall–Kier alpha value is -3.39. The summed E-state index contributed by atoms with van der Waals surface area (Å²) >= 11 is 0. The Morgan fingerprint density at radius 2 is 2.00 bits per heavy atom. The lowest BCUT2D eigenvalue weighted by Gasteiger charge is -2.48. The van der Waals surface area contributed by atoms with E-state index in [2.05, 4.69) is 5.32 Å². The average Bonchev–Trinajstić information content (AvgIpc) is 3.11. The summed E-state index contributed by atoms with van der Waals surface area (Å²) in [6.45, 7) is 4.10. The Morgan fingerprint density at radius 1 is 1.21 bits per heavy atom. The van der Waals surface area contributed by atoms with Gasteiger partial charge < -0.3 is 20.1 Å². The summed E-state index contributed by atoms with van der Waals surface area (Å²) < 4.78 is 5.56. The first-order chi connectivity index (χ1) is 15.8. The Kier molecular flexibility index (Phi) is 6.37. The summed E-state index contributed by atoms with van der Waals surface area (Å²) in [6, 6.07) is 14.6. The molecule has 4 rings (SSSR count). The minimum absolute atomic E-state index is 0.0244. The van der Waals surface area contributed by atoms with E-state index in [0.717, 1.165) is 5.56 Å². The van der Waals surface area contributed by atoms with Crippen LogP contribution in [0.5, 0.6) is 5.75 Å². The molecular formula is C25H29N3O5. The predicted molar refractivity (Wildman–Crippen MR) is 123 cm³/mol. The third-order valence-corrected chi connectivity index (χ3v) is 6.27. The smallest absolute Gasteiger partial charge is 0.257 e. The van der Waals surface area contributed by atoms with Crippen molar-refractivity contribution in [3.63, 3.8) is 0 Å². The van der Waals surface area contributed by atoms with E-state index in [9.17, 15) is 19.5 Å². The molecule has 33 heavy (non-hydrogen) atoms. The highest BCUT2D eigenvalue weighted by atomic mass is 16.5. The van der Waals surface area contributed by atoms with E-state index < -0.39 is 11.8 Å². The van der Waals surface area contributed by atoms with E-state index in [1.165, 1.54) is 0 Å². The van der Waals surface area contributed by atoms with Gasteiger partial charge in [0.2, 0.25) is 11.8 Å². The summed E-state index contributed by atoms with van der Waals surface area (Å²) in [5.41, 5.74) is 1.37. The van der Waals surface area contributed by atoms with Crippen molar-refractivity contribution in [2.24, 2.45) is 0 Å². The fourth-order valence-electron chi connectivity index (χ4n) is 4.53. The zero-order valence-corrected chi connectivity index (χ0v) is 18.9. The van der Waals surface area contributed by atoms with Crippen molar-refractivity contribution in [3.8, 4) is 5.75 Å². The van der Waals surface area contributed by atoms with Gasteiger partial charge in [0.05, 0.1) is 11.3 Å². The first-order valence-corrected chi connectivity index (χ1v) is 11.2. The molecule has 2 heterocycles. The van der Waals surface area contributed by atoms with Crippen LogP contribution in [0.3, 0.4) is 0 Å². The van der Waals surface area contributed by atoms with Gasteiger partial charge in [-0.3, -0.25) is 19.3 Å². The maximum atomic E-state index is 13.2. The number of fused-ring (bicyclic) bond motifs is 3. The van der Waals surface area contributed by atoms with Crippen LogP contribution < -0.4 is 15.0 Å². The number of para-hydroxylation sites is 1. The van der Waals surface area contributed by atoms with Crippen molar-refractivity contribution in [2.75, 3.05) is 24.6 Å². The van der Waals surface area contributed by atoms with Gasteiger partial charge in [-0.25, -0.2) is 0 Å². The number of rotatable bonds is 8. The maximum Gasteiger partial charge on any atom is 0.257 e. The normalized spacial score (nSPS) is 20.3. The van der Waals surface area contributed by atoms with E-state index in [-0.39, 0.29) is 43.8 Å². The van der Waals surface area contributed by atoms with E-state index in [1.54, 1.807) is 28.0 Å². The van der Waals surface area contributed by atoms with Gasteiger partial charge in [0.15, 0.2) is 0 Å². The number of nitrogens with zero attached hydrogens (tertiary/aromatic N) is 2. The van der Waals surface area contributed by atoms with Gasteiger partial charge in [0.1, 0.15) is 24.1 Å². The SMILES string of the molecule is Cc1cccc(OCC(O)CNC(=O)CCN2C(=O)c3ccccc3N3C(=O)CCC23C)c1. The highest BCUT2D eigenvalue weighted by Crippen LogP contribution is 2.43. The zero-order chi connectivity index (χ0) is 23.6. The second-order valence-corrected chi connectivity index (χ2v) is 8.76. The van der Waals surface area contributed by atoms with Crippen molar-refractivity contribution in [3.05, 3.63) is 59.7 Å². The Labute approximate surface area is 193 Å². The number of amides is 3. The molecule has 2 N–H and O–H groups in total. The highest BCUT2D eigenvalue weighted by Gasteiger charge is 2.52. The summed E-state index contributed by atoms with van der Waals surface area (Å²) in [5.74, 6) is 0.172. The van der Waals surface area contributed by atoms with Crippen LogP contribution in [-0.2, 0) is 9.59 Å². The lowest BCUT2D eigenvalue weighted by Crippen LogP contribution is -2.62. The molecule has 2 aromatic carbocycles. The number of carbonyl (C=O) groups is 3. The molecular weight excluding hydrogens is 422 g/mol. The highest BCUT2D eigenvalue weighted by molar-refractivity contribution is 6.10. The van der Waals surface area contributed by atoms with Crippen LogP contribution in [0.1, 0.15) is 42.1 Å². The van der Waals surface area contributed by atoms with Crippen LogP contribution in [0.15, 0.2) is 48.5 Å². The van der Waals surface area contributed by atoms with Crippen LogP contribution >= 0.6 is 0 Å². The van der Waals surface area contributed by atoms with Crippen molar-refractivity contribution in [1.29, 1.82) is 0 Å². The molecule has 0 aromatic heterocycles. The zero-order valence-electron chi connectivity index (χ0n) is 18.9. The maximum absolute atomic E-state index is 13.2. The third kappa shape index (κ3) is 4.57. The number of anilines is 1. The molecule has 0 saturated carbocycles. The van der Waals surface area contributed by atoms with E-state index in [0.29, 0.717) is 29.8 Å². The standard InChI is InChI=1S/C25H29N3O5/c1-17-6-5-7-19(14-17)33-16-18(29)15-26-22(30)11-13-27-24(32)20-8-3-4-9-21(20)28-23(31)10-12-25(27,28)2/h3-9,14,18,29H,10-13,15-16H2,1-2H3,(H,26,30). The summed E-state index contributed by atoms with van der Waals surface area (Å²) in [7, 11) is 0. The van der Waals surface area contributed by atoms with Crippen LogP contribution in [0.2, 0.25) is 0 Å². The Balaban J connectivity index is 1.32. The fraction of sp³-hybridized carbons (Fsp3) is 0.400. The molecule has 8 nitrogen and oxygen atoms in total. The number of ether oxygens (including phenoxy) is 1. The number of hydrogen-bond acceptors (Lipinski definition) is 5. The molecule has 8 heteroatoms. The first-order valence-electron chi connectivity index (χ1n) is 11.2. The number of benzene rings is 2. The molecule has 0 bridgehead atoms. The molecule has 2 aromatic rings. The minimum Gasteiger partial charge on any atom is -0.491 e. The number of aliphatic hydroxyl groups is 1. The Morgan fingerprint density at radius 3 is 2.79 bits per heavy atom. The van der Waals surface area contributed by atoms with Crippen molar-refractivity contribution >= 4 is 23.4 Å². The molecule has 0 radical (unpaired) electrons. The molecule has 2 aliphatic heterocycles. The molecule has 2 aliphatic rings. The van der Waals surface area contributed by atoms with Crippen LogP contribution in [-0.4, -0.2) is 59.2 Å². The van der Waals surface area contributed by atoms with Gasteiger partial charge in [0, 0.05) is 25.9 Å². The van der Waals surface area contributed by atoms with E-state index >= 15 is 0 Å². The van der Waals surface area contributed by atoms with Crippen molar-refractivity contribution < 1.29 is 24.2 Å². The molecule has 0 aliphatic carbocycles. The van der Waals surface area contributed by atoms with Gasteiger partial charge >= 0.3 is 0 Å². The average molecular weight is 452 g/mol. The molecule has 0 spiro atoms. The summed E-state index contributed by atoms with van der Waals surface area (Å²) in [4.78, 5) is 41.5. The number of aliphatic hydroxyl groups excluding tert-OH is 1. The van der Waals surface area contributed by atoms with Crippen molar-refractivity contribution in [1.82, 2.24) is 10.2 Å². The predicted octanol–water partition coefficient (Wildman–Crippen LogP) is 2.24. The summed E-state index contributed by atoms with van der Waals surface area (Å²) in [5, 5.41) is 12.8. The Bertz CT molecular complexity index is 1070. The molecule has 1 saturated heterocycles. The molecule has 3 amide bonds. The number of nitrogens with one attached hydrogen (secondary N) is 1. The second-order valence-electron chi connectivity index (χ2n) is 8.76.